The average molecular weight is 773 g/mol. The lowest BCUT2D eigenvalue weighted by atomic mass is 9.98. The summed E-state index contributed by atoms with van der Waals surface area (Å²) in [6, 6.07) is 2.15. The number of likely N-dealkylation sites (N-methyl/N-ethyl adjacent to an activating group) is 2. The van der Waals surface area contributed by atoms with Gasteiger partial charge in [0.2, 0.25) is 11.8 Å². The van der Waals surface area contributed by atoms with Crippen LogP contribution in [0.5, 0.6) is 0 Å². The standard InChI is InChI=1S/C34H57IN6O6/c1-11-41(12-2)16-15-36-30(42)24-13-14-25(26(35)20-24)31(43)37-27(17-21(3)4)32(44)38-28(18-22(5)6)33(45)39-29(19-23(7)8)34(46)40(9)47-10/h13-14,20-23,27-29H,11-12,15-19H2,1-10H3,(H,36,42)(H,37,43)(H,38,44)(H,39,45)/t27-,28-,29-/m0/s1. The summed E-state index contributed by atoms with van der Waals surface area (Å²) < 4.78 is 0.569. The number of hydrogen-bond donors (Lipinski definition) is 4. The highest BCUT2D eigenvalue weighted by Crippen LogP contribution is 2.17. The predicted molar refractivity (Wildman–Crippen MR) is 193 cm³/mol. The zero-order chi connectivity index (χ0) is 35.8. The van der Waals surface area contributed by atoms with E-state index in [0.29, 0.717) is 40.5 Å². The number of amides is 5. The molecule has 1 aromatic rings. The summed E-state index contributed by atoms with van der Waals surface area (Å²) >= 11 is 2.02. The smallest absolute Gasteiger partial charge is 0.268 e. The maximum Gasteiger partial charge on any atom is 0.268 e. The van der Waals surface area contributed by atoms with Gasteiger partial charge in [-0.15, -0.1) is 0 Å². The SMILES string of the molecule is CCN(CC)CCNC(=O)c1ccc(C(=O)N[C@@H](CC(C)C)C(=O)N[C@@H](CC(C)C)C(=O)N[C@@H](CC(C)C)C(=O)N(C)OC)c(I)c1. The van der Waals surface area contributed by atoms with Crippen molar-refractivity contribution in [3.63, 3.8) is 0 Å². The largest absolute Gasteiger partial charge is 0.351 e. The molecule has 12 nitrogen and oxygen atoms in total. The molecule has 0 aliphatic heterocycles. The van der Waals surface area contributed by atoms with Gasteiger partial charge in [-0.25, -0.2) is 5.06 Å². The van der Waals surface area contributed by atoms with E-state index in [0.717, 1.165) is 24.7 Å². The number of hydrogen-bond acceptors (Lipinski definition) is 7. The van der Waals surface area contributed by atoms with E-state index in [1.807, 2.05) is 64.1 Å². The van der Waals surface area contributed by atoms with E-state index in [1.54, 1.807) is 18.2 Å². The summed E-state index contributed by atoms with van der Waals surface area (Å²) in [6.45, 7) is 18.9. The molecule has 0 aliphatic rings. The van der Waals surface area contributed by atoms with E-state index in [-0.39, 0.29) is 23.7 Å². The molecule has 4 N–H and O–H groups in total. The lowest BCUT2D eigenvalue weighted by molar-refractivity contribution is -0.172. The molecule has 1 aromatic carbocycles. The number of halogens is 1. The van der Waals surface area contributed by atoms with Crippen molar-refractivity contribution in [3.05, 3.63) is 32.9 Å². The Labute approximate surface area is 295 Å². The number of carbonyl (C=O) groups is 5. The zero-order valence-corrected chi connectivity index (χ0v) is 32.0. The van der Waals surface area contributed by atoms with Crippen molar-refractivity contribution in [1.82, 2.24) is 31.2 Å². The van der Waals surface area contributed by atoms with Gasteiger partial charge in [-0.05, 0) is 90.9 Å². The molecule has 13 heteroatoms. The fourth-order valence-corrected chi connectivity index (χ4v) is 5.76. The van der Waals surface area contributed by atoms with Crippen LogP contribution in [-0.4, -0.2) is 98.0 Å². The van der Waals surface area contributed by atoms with Gasteiger partial charge >= 0.3 is 0 Å². The number of nitrogens with zero attached hydrogens (tertiary/aromatic N) is 2. The van der Waals surface area contributed by atoms with Crippen LogP contribution in [0.2, 0.25) is 0 Å². The molecule has 0 saturated carbocycles. The van der Waals surface area contributed by atoms with Crippen LogP contribution < -0.4 is 21.3 Å². The third kappa shape index (κ3) is 14.9. The van der Waals surface area contributed by atoms with Crippen molar-refractivity contribution in [2.45, 2.75) is 92.8 Å². The topological polar surface area (TPSA) is 149 Å². The van der Waals surface area contributed by atoms with Crippen LogP contribution in [0.3, 0.4) is 0 Å². The summed E-state index contributed by atoms with van der Waals surface area (Å²) in [4.78, 5) is 73.5. The second-order valence-corrected chi connectivity index (χ2v) is 14.2. The Balaban J connectivity index is 3.11. The van der Waals surface area contributed by atoms with Gasteiger partial charge in [-0.1, -0.05) is 55.4 Å². The number of hydroxylamine groups is 2. The second-order valence-electron chi connectivity index (χ2n) is 13.0. The van der Waals surface area contributed by atoms with Gasteiger partial charge in [0.05, 0.1) is 12.7 Å². The van der Waals surface area contributed by atoms with E-state index in [4.69, 9.17) is 4.84 Å². The molecule has 0 spiro atoms. The maximum absolute atomic E-state index is 13.7. The molecule has 0 fully saturated rings. The lowest BCUT2D eigenvalue weighted by Gasteiger charge is -2.28. The molecule has 0 saturated heterocycles. The third-order valence-corrected chi connectivity index (χ3v) is 8.55. The van der Waals surface area contributed by atoms with E-state index < -0.39 is 41.8 Å². The van der Waals surface area contributed by atoms with Gasteiger partial charge in [0, 0.05) is 29.3 Å². The van der Waals surface area contributed by atoms with Crippen LogP contribution in [0.1, 0.15) is 95.4 Å². The molecule has 0 aromatic heterocycles. The Hall–Kier alpha value is -2.78. The third-order valence-electron chi connectivity index (χ3n) is 7.66. The summed E-state index contributed by atoms with van der Waals surface area (Å²) in [6.07, 6.45) is 1.06. The minimum Gasteiger partial charge on any atom is -0.351 e. The first kappa shape index (κ1) is 42.2. The minimum atomic E-state index is -0.927. The molecule has 0 unspecified atom stereocenters. The monoisotopic (exact) mass is 772 g/mol. The van der Waals surface area contributed by atoms with Gasteiger partial charge in [0.15, 0.2) is 0 Å². The normalized spacial score (nSPS) is 13.3. The summed E-state index contributed by atoms with van der Waals surface area (Å²) in [7, 11) is 2.85. The lowest BCUT2D eigenvalue weighted by Crippen LogP contribution is -2.57. The molecule has 3 atom stereocenters. The van der Waals surface area contributed by atoms with Crippen LogP contribution >= 0.6 is 22.6 Å². The van der Waals surface area contributed by atoms with Crippen LogP contribution in [0.15, 0.2) is 18.2 Å². The molecule has 0 radical (unpaired) electrons. The molecule has 1 rings (SSSR count). The average Bonchev–Trinajstić information content (AvgIpc) is 3.00. The van der Waals surface area contributed by atoms with Crippen molar-refractivity contribution in [1.29, 1.82) is 0 Å². The number of rotatable bonds is 20. The van der Waals surface area contributed by atoms with Crippen LogP contribution in [-0.2, 0) is 19.2 Å². The summed E-state index contributed by atoms with van der Waals surface area (Å²) in [5.74, 6) is -1.83. The Morgan fingerprint density at radius 3 is 1.72 bits per heavy atom. The summed E-state index contributed by atoms with van der Waals surface area (Å²) in [5, 5.41) is 12.5. The summed E-state index contributed by atoms with van der Waals surface area (Å²) in [5.41, 5.74) is 0.774. The highest BCUT2D eigenvalue weighted by molar-refractivity contribution is 14.1. The second kappa shape index (κ2) is 21.2. The Kier molecular flexibility index (Phi) is 19.1. The zero-order valence-electron chi connectivity index (χ0n) is 29.9. The molecule has 47 heavy (non-hydrogen) atoms. The van der Waals surface area contributed by atoms with Gasteiger partial charge in [0.25, 0.3) is 17.7 Å². The van der Waals surface area contributed by atoms with Crippen LogP contribution in [0, 0.1) is 21.3 Å². The van der Waals surface area contributed by atoms with E-state index in [1.165, 1.54) is 14.2 Å². The molecule has 0 heterocycles. The van der Waals surface area contributed by atoms with Crippen molar-refractivity contribution in [3.8, 4) is 0 Å². The predicted octanol–water partition coefficient (Wildman–Crippen LogP) is 3.59. The molecular formula is C34H57IN6O6. The molecule has 266 valence electrons. The van der Waals surface area contributed by atoms with E-state index in [9.17, 15) is 24.0 Å². The molecule has 0 bridgehead atoms. The highest BCUT2D eigenvalue weighted by Gasteiger charge is 2.32. The fraction of sp³-hybridized carbons (Fsp3) is 0.676. The van der Waals surface area contributed by atoms with Crippen molar-refractivity contribution < 1.29 is 28.8 Å². The van der Waals surface area contributed by atoms with Crippen molar-refractivity contribution >= 4 is 52.1 Å². The first-order chi connectivity index (χ1) is 22.0. The van der Waals surface area contributed by atoms with Crippen molar-refractivity contribution in [2.24, 2.45) is 17.8 Å². The maximum atomic E-state index is 13.7. The fourth-order valence-electron chi connectivity index (χ4n) is 5.00. The molecule has 0 aliphatic carbocycles. The number of nitrogens with one attached hydrogen (secondary N) is 4. The number of benzene rings is 1. The van der Waals surface area contributed by atoms with Gasteiger partial charge < -0.3 is 26.2 Å². The van der Waals surface area contributed by atoms with Gasteiger partial charge in [0.1, 0.15) is 18.1 Å². The first-order valence-corrected chi connectivity index (χ1v) is 17.7. The van der Waals surface area contributed by atoms with Crippen molar-refractivity contribution in [2.75, 3.05) is 40.3 Å². The van der Waals surface area contributed by atoms with Crippen LogP contribution in [0.25, 0.3) is 0 Å². The Morgan fingerprint density at radius 1 is 0.766 bits per heavy atom. The quantitative estimate of drug-likeness (QED) is 0.117. The van der Waals surface area contributed by atoms with E-state index >= 15 is 0 Å². The Bertz CT molecular complexity index is 1190. The molecule has 5 amide bonds. The van der Waals surface area contributed by atoms with Gasteiger partial charge in [-0.3, -0.25) is 28.8 Å². The van der Waals surface area contributed by atoms with E-state index in [2.05, 4.69) is 40.0 Å². The first-order valence-electron chi connectivity index (χ1n) is 16.6. The van der Waals surface area contributed by atoms with Crippen LogP contribution in [0.4, 0.5) is 0 Å². The minimum absolute atomic E-state index is 0.0552. The molecular weight excluding hydrogens is 715 g/mol. The number of carbonyl (C=O) groups excluding carboxylic acids is 5. The Morgan fingerprint density at radius 2 is 1.26 bits per heavy atom. The van der Waals surface area contributed by atoms with Gasteiger partial charge in [-0.2, -0.15) is 0 Å². The highest BCUT2D eigenvalue weighted by atomic mass is 127.